The molecule has 5 nitrogen and oxygen atoms in total. The lowest BCUT2D eigenvalue weighted by molar-refractivity contribution is -0.165. The van der Waals surface area contributed by atoms with Crippen molar-refractivity contribution in [3.05, 3.63) is 0 Å². The molecular formula is C9H12F3NO4S. The summed E-state index contributed by atoms with van der Waals surface area (Å²) in [6, 6.07) is 0. The van der Waals surface area contributed by atoms with Gasteiger partial charge < -0.3 is 14.7 Å². The monoisotopic (exact) mass is 287 g/mol. The first-order valence-corrected chi connectivity index (χ1v) is 6.04. The molecule has 1 N–H and O–H groups in total. The van der Waals surface area contributed by atoms with E-state index in [1.54, 1.807) is 6.92 Å². The third kappa shape index (κ3) is 4.73. The number of amides is 1. The van der Waals surface area contributed by atoms with E-state index in [0.717, 1.165) is 4.90 Å². The van der Waals surface area contributed by atoms with Crippen molar-refractivity contribution in [3.8, 4) is 0 Å². The zero-order chi connectivity index (χ0) is 13.9. The fourth-order valence-electron chi connectivity index (χ4n) is 1.53. The average Bonchev–Trinajstić information content (AvgIpc) is 2.23. The second-order valence-corrected chi connectivity index (χ2v) is 4.85. The molecule has 1 amide bonds. The van der Waals surface area contributed by atoms with E-state index in [1.807, 2.05) is 0 Å². The van der Waals surface area contributed by atoms with Gasteiger partial charge in [0.05, 0.1) is 18.4 Å². The van der Waals surface area contributed by atoms with Crippen molar-refractivity contribution in [1.29, 1.82) is 0 Å². The van der Waals surface area contributed by atoms with Gasteiger partial charge in [-0.25, -0.2) is 4.79 Å². The fourth-order valence-corrected chi connectivity index (χ4v) is 2.00. The molecule has 104 valence electrons. The van der Waals surface area contributed by atoms with Crippen molar-refractivity contribution in [2.24, 2.45) is 0 Å². The Labute approximate surface area is 105 Å². The average molecular weight is 287 g/mol. The van der Waals surface area contributed by atoms with Crippen molar-refractivity contribution >= 4 is 23.6 Å². The fraction of sp³-hybridized carbons (Fsp3) is 0.778. The molecule has 1 aliphatic heterocycles. The second kappa shape index (κ2) is 5.79. The summed E-state index contributed by atoms with van der Waals surface area (Å²) < 4.78 is 40.9. The first kappa shape index (κ1) is 15.1. The molecule has 0 aromatic heterocycles. The lowest BCUT2D eigenvalue weighted by Gasteiger charge is -2.34. The molecular weight excluding hydrogens is 275 g/mol. The molecule has 2 atom stereocenters. The number of morpholine rings is 1. The van der Waals surface area contributed by atoms with E-state index >= 15 is 0 Å². The smallest absolute Gasteiger partial charge is 0.442 e. The van der Waals surface area contributed by atoms with Crippen LogP contribution < -0.4 is 0 Å². The molecule has 0 radical (unpaired) electrons. The Hall–Kier alpha value is -0.960. The first-order chi connectivity index (χ1) is 8.19. The largest absolute Gasteiger partial charge is 0.479 e. The number of halogens is 3. The lowest BCUT2D eigenvalue weighted by Crippen LogP contribution is -2.52. The van der Waals surface area contributed by atoms with E-state index in [1.165, 1.54) is 0 Å². The molecule has 0 bridgehead atoms. The number of hydrogen-bond donors (Lipinski definition) is 1. The molecule has 0 spiro atoms. The van der Waals surface area contributed by atoms with Gasteiger partial charge in [-0.2, -0.15) is 13.2 Å². The van der Waals surface area contributed by atoms with Crippen molar-refractivity contribution in [2.45, 2.75) is 24.6 Å². The minimum atomic E-state index is -4.47. The number of carboxylic acid groups (broad SMARTS) is 1. The molecule has 1 rings (SSSR count). The van der Waals surface area contributed by atoms with E-state index < -0.39 is 47.1 Å². The molecule has 1 aliphatic rings. The first-order valence-electron chi connectivity index (χ1n) is 5.06. The molecule has 1 heterocycles. The normalized spacial score (nSPS) is 25.0. The summed E-state index contributed by atoms with van der Waals surface area (Å²) in [5, 5.41) is 8.77. The summed E-state index contributed by atoms with van der Waals surface area (Å²) in [6.45, 7) is 1.43. The highest BCUT2D eigenvalue weighted by Gasteiger charge is 2.35. The zero-order valence-corrected chi connectivity index (χ0v) is 10.3. The summed E-state index contributed by atoms with van der Waals surface area (Å²) in [5.74, 6) is -2.72. The standard InChI is InChI=1S/C9H12F3NO4S/c1-5-2-13(3-6(17-5)8(15)16)7(14)4-18-9(10,11)12/h5-6H,2-4H2,1H3,(H,15,16)/t5-,6?/m1/s1. The highest BCUT2D eigenvalue weighted by Crippen LogP contribution is 2.30. The Kier molecular flexibility index (Phi) is 4.85. The summed E-state index contributed by atoms with van der Waals surface area (Å²) >= 11 is -0.433. The number of hydrogen-bond acceptors (Lipinski definition) is 4. The lowest BCUT2D eigenvalue weighted by atomic mass is 10.2. The number of rotatable bonds is 3. The Morgan fingerprint density at radius 3 is 2.56 bits per heavy atom. The summed E-state index contributed by atoms with van der Waals surface area (Å²) in [5.41, 5.74) is -4.47. The van der Waals surface area contributed by atoms with Crippen molar-refractivity contribution in [2.75, 3.05) is 18.8 Å². The molecule has 1 saturated heterocycles. The number of thioether (sulfide) groups is 1. The Morgan fingerprint density at radius 2 is 2.06 bits per heavy atom. The molecule has 0 aliphatic carbocycles. The predicted octanol–water partition coefficient (Wildman–Crippen LogP) is 0.940. The Morgan fingerprint density at radius 1 is 1.44 bits per heavy atom. The zero-order valence-electron chi connectivity index (χ0n) is 9.44. The van der Waals surface area contributed by atoms with E-state index in [4.69, 9.17) is 9.84 Å². The molecule has 0 aromatic carbocycles. The Bertz CT molecular complexity index is 336. The number of aliphatic carboxylic acids is 1. The van der Waals surface area contributed by atoms with Crippen LogP contribution in [0.25, 0.3) is 0 Å². The van der Waals surface area contributed by atoms with Crippen LogP contribution in [0.3, 0.4) is 0 Å². The molecule has 1 fully saturated rings. The van der Waals surface area contributed by atoms with Gasteiger partial charge >= 0.3 is 11.5 Å². The third-order valence-corrected chi connectivity index (χ3v) is 2.97. The van der Waals surface area contributed by atoms with Crippen LogP contribution in [-0.4, -0.2) is 58.4 Å². The quantitative estimate of drug-likeness (QED) is 0.836. The minimum absolute atomic E-state index is 0.0982. The van der Waals surface area contributed by atoms with Gasteiger partial charge in [-0.15, -0.1) is 0 Å². The van der Waals surface area contributed by atoms with Gasteiger partial charge in [0, 0.05) is 6.54 Å². The highest BCUT2D eigenvalue weighted by molar-refractivity contribution is 8.00. The van der Waals surface area contributed by atoms with Crippen molar-refractivity contribution in [1.82, 2.24) is 4.90 Å². The van der Waals surface area contributed by atoms with Gasteiger partial charge in [0.15, 0.2) is 6.10 Å². The van der Waals surface area contributed by atoms with Gasteiger partial charge in [0.1, 0.15) is 0 Å². The Balaban J connectivity index is 2.54. The number of alkyl halides is 3. The van der Waals surface area contributed by atoms with E-state index in [0.29, 0.717) is 0 Å². The van der Waals surface area contributed by atoms with Crippen LogP contribution >= 0.6 is 11.8 Å². The number of carboxylic acids is 1. The second-order valence-electron chi connectivity index (χ2n) is 3.81. The molecule has 0 aromatic rings. The van der Waals surface area contributed by atoms with Crippen LogP contribution in [0.5, 0.6) is 0 Å². The van der Waals surface area contributed by atoms with Crippen LogP contribution in [0.2, 0.25) is 0 Å². The maximum absolute atomic E-state index is 11.9. The molecule has 0 saturated carbocycles. The highest BCUT2D eigenvalue weighted by atomic mass is 32.2. The maximum atomic E-state index is 11.9. The maximum Gasteiger partial charge on any atom is 0.442 e. The SMILES string of the molecule is C[C@@H]1CN(C(=O)CSC(F)(F)F)CC(C(=O)O)O1. The van der Waals surface area contributed by atoms with Crippen LogP contribution in [0, 0.1) is 0 Å². The van der Waals surface area contributed by atoms with Crippen LogP contribution in [0.4, 0.5) is 13.2 Å². The summed E-state index contributed by atoms with van der Waals surface area (Å²) in [7, 11) is 0. The topological polar surface area (TPSA) is 66.8 Å². The van der Waals surface area contributed by atoms with Crippen LogP contribution in [0.15, 0.2) is 0 Å². The number of ether oxygens (including phenoxy) is 1. The molecule has 1 unspecified atom stereocenters. The summed E-state index contributed by atoms with van der Waals surface area (Å²) in [4.78, 5) is 23.3. The van der Waals surface area contributed by atoms with Crippen molar-refractivity contribution < 1.29 is 32.6 Å². The van der Waals surface area contributed by atoms with Gasteiger partial charge in [-0.1, -0.05) is 0 Å². The van der Waals surface area contributed by atoms with Gasteiger partial charge in [-0.3, -0.25) is 4.79 Å². The number of carbonyl (C=O) groups is 2. The van der Waals surface area contributed by atoms with Gasteiger partial charge in [0.25, 0.3) is 0 Å². The van der Waals surface area contributed by atoms with Gasteiger partial charge in [0.2, 0.25) is 5.91 Å². The van der Waals surface area contributed by atoms with Crippen LogP contribution in [0.1, 0.15) is 6.92 Å². The number of carbonyl (C=O) groups excluding carboxylic acids is 1. The predicted molar refractivity (Wildman–Crippen MR) is 57.1 cm³/mol. The number of nitrogens with zero attached hydrogens (tertiary/aromatic N) is 1. The van der Waals surface area contributed by atoms with E-state index in [9.17, 15) is 22.8 Å². The van der Waals surface area contributed by atoms with E-state index in [-0.39, 0.29) is 13.1 Å². The summed E-state index contributed by atoms with van der Waals surface area (Å²) in [6.07, 6.45) is -1.70. The minimum Gasteiger partial charge on any atom is -0.479 e. The molecule has 18 heavy (non-hydrogen) atoms. The molecule has 9 heteroatoms. The van der Waals surface area contributed by atoms with Crippen molar-refractivity contribution in [3.63, 3.8) is 0 Å². The van der Waals surface area contributed by atoms with E-state index in [2.05, 4.69) is 0 Å². The third-order valence-electron chi connectivity index (χ3n) is 2.25. The van der Waals surface area contributed by atoms with Gasteiger partial charge in [-0.05, 0) is 18.7 Å². The van der Waals surface area contributed by atoms with Crippen LogP contribution in [-0.2, 0) is 14.3 Å².